The minimum Gasteiger partial charge on any atom is -0.444 e. The van der Waals surface area contributed by atoms with Crippen molar-refractivity contribution >= 4 is 36.0 Å². The van der Waals surface area contributed by atoms with Gasteiger partial charge in [-0.2, -0.15) is 0 Å². The van der Waals surface area contributed by atoms with Gasteiger partial charge >= 0.3 is 6.09 Å². The number of ether oxygens (including phenoxy) is 1. The molecule has 1 atom stereocenters. The van der Waals surface area contributed by atoms with Crippen molar-refractivity contribution in [2.45, 2.75) is 65.1 Å². The lowest BCUT2D eigenvalue weighted by Crippen LogP contribution is -2.39. The lowest BCUT2D eigenvalue weighted by molar-refractivity contribution is 0.0232. The van der Waals surface area contributed by atoms with Crippen molar-refractivity contribution in [2.75, 3.05) is 32.7 Å². The molecule has 176 valence electrons. The molecule has 8 nitrogen and oxygen atoms in total. The van der Waals surface area contributed by atoms with Crippen molar-refractivity contribution in [1.29, 1.82) is 0 Å². The second-order valence-corrected chi connectivity index (χ2v) is 8.69. The van der Waals surface area contributed by atoms with Crippen LogP contribution >= 0.6 is 24.0 Å². The van der Waals surface area contributed by atoms with E-state index in [-0.39, 0.29) is 30.1 Å². The van der Waals surface area contributed by atoms with Gasteiger partial charge in [-0.3, -0.25) is 14.9 Å². The molecule has 2 rings (SSSR count). The molecule has 1 aliphatic rings. The Kier molecular flexibility index (Phi) is 12.1. The highest BCUT2D eigenvalue weighted by atomic mass is 127. The van der Waals surface area contributed by atoms with Crippen molar-refractivity contribution in [3.05, 3.63) is 30.1 Å². The van der Waals surface area contributed by atoms with Crippen LogP contribution in [0.1, 0.15) is 52.5 Å². The number of aromatic nitrogens is 1. The lowest BCUT2D eigenvalue weighted by atomic mass is 10.2. The lowest BCUT2D eigenvalue weighted by Gasteiger charge is -2.27. The number of likely N-dealkylation sites (tertiary alicyclic amines) is 1. The summed E-state index contributed by atoms with van der Waals surface area (Å²) >= 11 is 0. The predicted octanol–water partition coefficient (Wildman–Crippen LogP) is 3.22. The molecule has 0 aromatic carbocycles. The first-order valence-corrected chi connectivity index (χ1v) is 10.9. The third-order valence-electron chi connectivity index (χ3n) is 5.04. The molecule has 1 aliphatic heterocycles. The zero-order valence-corrected chi connectivity index (χ0v) is 21.7. The minimum atomic E-state index is -0.535. The summed E-state index contributed by atoms with van der Waals surface area (Å²) < 4.78 is 5.56. The minimum absolute atomic E-state index is 0. The van der Waals surface area contributed by atoms with Gasteiger partial charge in [-0.25, -0.2) is 4.79 Å². The second-order valence-electron chi connectivity index (χ2n) is 8.69. The monoisotopic (exact) mass is 546 g/mol. The Hall–Kier alpha value is -1.62. The Morgan fingerprint density at radius 2 is 2.23 bits per heavy atom. The Balaban J connectivity index is 0.00000480. The summed E-state index contributed by atoms with van der Waals surface area (Å²) in [6.45, 7) is 12.4. The van der Waals surface area contributed by atoms with Crippen molar-refractivity contribution in [1.82, 2.24) is 20.1 Å². The number of likely N-dealkylation sites (N-methyl/N-ethyl adjacent to an activating group) is 1. The Labute approximate surface area is 204 Å². The van der Waals surface area contributed by atoms with Crippen LogP contribution in [0, 0.1) is 0 Å². The van der Waals surface area contributed by atoms with Gasteiger partial charge in [-0.05, 0) is 64.8 Å². The standard InChI is InChI=1S/C22H38N6O2.HI/c1-5-27-13-7-10-19(27)16-26-20(23)25-12-8-14-28(21(29)30-22(2,3)4)17-18-9-6-11-24-15-18;/h6,9,11,15,19H,5,7-8,10,12-14,16-17H2,1-4H3,(H3,23,25,26);1H. The van der Waals surface area contributed by atoms with Crippen LogP contribution in [0.5, 0.6) is 0 Å². The van der Waals surface area contributed by atoms with Crippen LogP contribution < -0.4 is 11.1 Å². The molecule has 1 aromatic rings. The normalized spacial score (nSPS) is 17.2. The van der Waals surface area contributed by atoms with E-state index in [1.165, 1.54) is 12.8 Å². The fourth-order valence-corrected chi connectivity index (χ4v) is 3.54. The SMILES string of the molecule is CCN1CCCC1CN=C(N)NCCCN(Cc1cccnc1)C(=O)OC(C)(C)C.I. The average Bonchev–Trinajstić information content (AvgIpc) is 3.15. The van der Waals surface area contributed by atoms with Crippen molar-refractivity contribution in [3.63, 3.8) is 0 Å². The number of amides is 1. The van der Waals surface area contributed by atoms with E-state index < -0.39 is 5.60 Å². The van der Waals surface area contributed by atoms with E-state index >= 15 is 0 Å². The molecule has 0 bridgehead atoms. The van der Waals surface area contributed by atoms with Gasteiger partial charge in [0.1, 0.15) is 5.60 Å². The van der Waals surface area contributed by atoms with Gasteiger partial charge in [0, 0.05) is 31.5 Å². The van der Waals surface area contributed by atoms with Gasteiger partial charge in [-0.15, -0.1) is 24.0 Å². The first-order valence-electron chi connectivity index (χ1n) is 10.9. The van der Waals surface area contributed by atoms with Crippen LogP contribution in [-0.2, 0) is 11.3 Å². The van der Waals surface area contributed by atoms with Gasteiger partial charge in [0.2, 0.25) is 0 Å². The summed E-state index contributed by atoms with van der Waals surface area (Å²) in [6.07, 6.45) is 6.32. The number of nitrogens with two attached hydrogens (primary N) is 1. The summed E-state index contributed by atoms with van der Waals surface area (Å²) in [4.78, 5) is 25.4. The van der Waals surface area contributed by atoms with Crippen LogP contribution in [-0.4, -0.2) is 71.2 Å². The average molecular weight is 546 g/mol. The highest BCUT2D eigenvalue weighted by molar-refractivity contribution is 14.0. The molecule has 1 amide bonds. The zero-order valence-electron chi connectivity index (χ0n) is 19.3. The topological polar surface area (TPSA) is 96.1 Å². The van der Waals surface area contributed by atoms with Crippen molar-refractivity contribution in [2.24, 2.45) is 10.7 Å². The number of rotatable bonds is 9. The van der Waals surface area contributed by atoms with Gasteiger partial charge in [0.25, 0.3) is 0 Å². The molecule has 1 aromatic heterocycles. The maximum Gasteiger partial charge on any atom is 0.410 e. The Morgan fingerprint density at radius 1 is 1.45 bits per heavy atom. The van der Waals surface area contributed by atoms with E-state index in [1.807, 2.05) is 32.9 Å². The molecule has 31 heavy (non-hydrogen) atoms. The van der Waals surface area contributed by atoms with Crippen molar-refractivity contribution < 1.29 is 9.53 Å². The molecule has 3 N–H and O–H groups in total. The molecule has 0 saturated carbocycles. The number of carbonyl (C=O) groups excluding carboxylic acids is 1. The smallest absolute Gasteiger partial charge is 0.410 e. The van der Waals surface area contributed by atoms with Gasteiger partial charge in [0.15, 0.2) is 5.96 Å². The number of halogens is 1. The third-order valence-corrected chi connectivity index (χ3v) is 5.04. The molecular weight excluding hydrogens is 507 g/mol. The number of pyridine rings is 1. The summed E-state index contributed by atoms with van der Waals surface area (Å²) in [5, 5.41) is 3.16. The maximum atomic E-state index is 12.6. The van der Waals surface area contributed by atoms with E-state index in [9.17, 15) is 4.79 Å². The van der Waals surface area contributed by atoms with Gasteiger partial charge in [-0.1, -0.05) is 13.0 Å². The number of hydrogen-bond acceptors (Lipinski definition) is 5. The molecule has 0 spiro atoms. The Bertz CT molecular complexity index is 680. The molecular formula is C22H39IN6O2. The summed E-state index contributed by atoms with van der Waals surface area (Å²) in [7, 11) is 0. The number of aliphatic imine (C=N–C) groups is 1. The predicted molar refractivity (Wildman–Crippen MR) is 136 cm³/mol. The summed E-state index contributed by atoms with van der Waals surface area (Å²) in [5.74, 6) is 0.467. The van der Waals surface area contributed by atoms with Crippen LogP contribution in [0.4, 0.5) is 4.79 Å². The van der Waals surface area contributed by atoms with E-state index in [1.54, 1.807) is 17.3 Å². The number of hydrogen-bond donors (Lipinski definition) is 2. The van der Waals surface area contributed by atoms with Crippen LogP contribution in [0.2, 0.25) is 0 Å². The number of nitrogens with zero attached hydrogens (tertiary/aromatic N) is 4. The summed E-state index contributed by atoms with van der Waals surface area (Å²) in [5.41, 5.74) is 6.46. The fourth-order valence-electron chi connectivity index (χ4n) is 3.54. The van der Waals surface area contributed by atoms with Gasteiger partial charge < -0.3 is 20.7 Å². The maximum absolute atomic E-state index is 12.6. The van der Waals surface area contributed by atoms with Crippen molar-refractivity contribution in [3.8, 4) is 0 Å². The first kappa shape index (κ1) is 27.4. The van der Waals surface area contributed by atoms with E-state index in [2.05, 4.69) is 27.1 Å². The molecule has 9 heteroatoms. The zero-order chi connectivity index (χ0) is 22.0. The van der Waals surface area contributed by atoms with Crippen LogP contribution in [0.25, 0.3) is 0 Å². The number of nitrogens with one attached hydrogen (secondary N) is 1. The molecule has 1 fully saturated rings. The highest BCUT2D eigenvalue weighted by Gasteiger charge is 2.23. The highest BCUT2D eigenvalue weighted by Crippen LogP contribution is 2.16. The third kappa shape index (κ3) is 10.5. The molecule has 1 saturated heterocycles. The molecule has 1 unspecified atom stereocenters. The molecule has 0 radical (unpaired) electrons. The van der Waals surface area contributed by atoms with Crippen LogP contribution in [0.15, 0.2) is 29.5 Å². The van der Waals surface area contributed by atoms with E-state index in [0.717, 1.165) is 31.6 Å². The number of carbonyl (C=O) groups is 1. The largest absolute Gasteiger partial charge is 0.444 e. The van der Waals surface area contributed by atoms with E-state index in [4.69, 9.17) is 10.5 Å². The Morgan fingerprint density at radius 3 is 2.87 bits per heavy atom. The molecule has 0 aliphatic carbocycles. The first-order chi connectivity index (χ1) is 14.3. The fraction of sp³-hybridized carbons (Fsp3) is 0.682. The second kappa shape index (κ2) is 13.7. The van der Waals surface area contributed by atoms with Gasteiger partial charge in [0.05, 0.1) is 13.1 Å². The van der Waals surface area contributed by atoms with E-state index in [0.29, 0.717) is 31.6 Å². The number of guanidine groups is 1. The summed E-state index contributed by atoms with van der Waals surface area (Å²) in [6, 6.07) is 4.32. The van der Waals surface area contributed by atoms with Crippen LogP contribution in [0.3, 0.4) is 0 Å². The molecule has 2 heterocycles. The quantitative estimate of drug-likeness (QED) is 0.214.